The smallest absolute Gasteiger partial charge is 0.123 e. The molecule has 0 saturated carbocycles. The van der Waals surface area contributed by atoms with Crippen LogP contribution >= 0.6 is 0 Å². The molecule has 3 aromatic rings. The van der Waals surface area contributed by atoms with Gasteiger partial charge in [0.1, 0.15) is 23.0 Å². The first-order valence-corrected chi connectivity index (χ1v) is 8.39. The minimum absolute atomic E-state index is 0.0303. The average molecular weight is 350 g/mol. The fourth-order valence-corrected chi connectivity index (χ4v) is 3.68. The van der Waals surface area contributed by atoms with E-state index in [1.807, 2.05) is 20.8 Å². The Balaban J connectivity index is 2.33. The molecule has 0 spiro atoms. The van der Waals surface area contributed by atoms with E-state index in [2.05, 4.69) is 12.1 Å². The van der Waals surface area contributed by atoms with Gasteiger partial charge in [0.2, 0.25) is 0 Å². The van der Waals surface area contributed by atoms with E-state index in [9.17, 15) is 20.4 Å². The number of hydrogen-bond acceptors (Lipinski definition) is 4. The molecule has 3 aromatic carbocycles. The average Bonchev–Trinajstić information content (AvgIpc) is 2.52. The number of aromatic hydroxyl groups is 4. The molecule has 0 radical (unpaired) electrons. The van der Waals surface area contributed by atoms with E-state index in [0.29, 0.717) is 11.1 Å². The number of phenols is 4. The minimum atomic E-state index is -0.447. The van der Waals surface area contributed by atoms with Crippen molar-refractivity contribution in [2.75, 3.05) is 0 Å². The molecule has 0 bridgehead atoms. The molecule has 0 atom stereocenters. The Bertz CT molecular complexity index is 901. The van der Waals surface area contributed by atoms with Crippen LogP contribution in [0, 0.1) is 20.8 Å². The standard InChI is InChI=1S/C22H22O4/c1-12-8-13(2)21(14(3)9-12)22(17-6-4-15(23)10-19(17)25)18-7-5-16(24)11-20(18)26/h4-11,22-26H,1-3H3. The molecule has 0 amide bonds. The van der Waals surface area contributed by atoms with E-state index >= 15 is 0 Å². The predicted molar refractivity (Wildman–Crippen MR) is 101 cm³/mol. The SMILES string of the molecule is Cc1cc(C)c(C(c2ccc(O)cc2O)c2ccc(O)cc2O)c(C)c1. The van der Waals surface area contributed by atoms with Crippen molar-refractivity contribution in [3.63, 3.8) is 0 Å². The van der Waals surface area contributed by atoms with Crippen molar-refractivity contribution in [1.82, 2.24) is 0 Å². The third kappa shape index (κ3) is 3.18. The summed E-state index contributed by atoms with van der Waals surface area (Å²) >= 11 is 0. The Hall–Kier alpha value is -3.14. The van der Waals surface area contributed by atoms with Crippen LogP contribution in [0.15, 0.2) is 48.5 Å². The summed E-state index contributed by atoms with van der Waals surface area (Å²) in [5, 5.41) is 40.3. The molecule has 4 nitrogen and oxygen atoms in total. The quantitative estimate of drug-likeness (QED) is 0.520. The highest BCUT2D eigenvalue weighted by atomic mass is 16.3. The maximum absolute atomic E-state index is 10.5. The summed E-state index contributed by atoms with van der Waals surface area (Å²) in [5.74, 6) is -0.616. The Labute approximate surface area is 152 Å². The molecule has 0 aromatic heterocycles. The number of benzene rings is 3. The molecule has 26 heavy (non-hydrogen) atoms. The Morgan fingerprint density at radius 3 is 1.42 bits per heavy atom. The van der Waals surface area contributed by atoms with Crippen LogP contribution in [0.1, 0.15) is 39.3 Å². The molecule has 3 rings (SSSR count). The molecule has 134 valence electrons. The van der Waals surface area contributed by atoms with Crippen molar-refractivity contribution < 1.29 is 20.4 Å². The van der Waals surface area contributed by atoms with E-state index in [4.69, 9.17) is 0 Å². The first-order valence-electron chi connectivity index (χ1n) is 8.39. The van der Waals surface area contributed by atoms with Gasteiger partial charge in [0.15, 0.2) is 0 Å². The zero-order valence-corrected chi connectivity index (χ0v) is 15.0. The molecule has 0 aliphatic rings. The van der Waals surface area contributed by atoms with Crippen LogP contribution in [0.5, 0.6) is 23.0 Å². The molecule has 4 heteroatoms. The van der Waals surface area contributed by atoms with Gasteiger partial charge in [0.05, 0.1) is 0 Å². The van der Waals surface area contributed by atoms with Gasteiger partial charge in [-0.05, 0) is 49.6 Å². The van der Waals surface area contributed by atoms with Gasteiger partial charge >= 0.3 is 0 Å². The second-order valence-corrected chi connectivity index (χ2v) is 6.73. The van der Waals surface area contributed by atoms with Gasteiger partial charge in [-0.15, -0.1) is 0 Å². The lowest BCUT2D eigenvalue weighted by Crippen LogP contribution is -2.08. The van der Waals surface area contributed by atoms with Crippen molar-refractivity contribution >= 4 is 0 Å². The van der Waals surface area contributed by atoms with Gasteiger partial charge < -0.3 is 20.4 Å². The van der Waals surface area contributed by atoms with Crippen molar-refractivity contribution in [1.29, 1.82) is 0 Å². The zero-order valence-electron chi connectivity index (χ0n) is 15.0. The van der Waals surface area contributed by atoms with E-state index in [-0.39, 0.29) is 23.0 Å². The van der Waals surface area contributed by atoms with E-state index in [1.54, 1.807) is 12.1 Å². The van der Waals surface area contributed by atoms with Crippen molar-refractivity contribution in [3.8, 4) is 23.0 Å². The van der Waals surface area contributed by atoms with Crippen LogP contribution in [0.25, 0.3) is 0 Å². The van der Waals surface area contributed by atoms with Crippen molar-refractivity contribution in [2.45, 2.75) is 26.7 Å². The van der Waals surface area contributed by atoms with Gasteiger partial charge in [0, 0.05) is 29.2 Å². The van der Waals surface area contributed by atoms with Crippen LogP contribution in [0.3, 0.4) is 0 Å². The van der Waals surface area contributed by atoms with Gasteiger partial charge in [-0.2, -0.15) is 0 Å². The molecule has 0 heterocycles. The number of hydrogen-bond donors (Lipinski definition) is 4. The first kappa shape index (κ1) is 17.7. The highest BCUT2D eigenvalue weighted by molar-refractivity contribution is 5.58. The molecule has 0 unspecified atom stereocenters. The highest BCUT2D eigenvalue weighted by Gasteiger charge is 2.26. The topological polar surface area (TPSA) is 80.9 Å². The predicted octanol–water partition coefficient (Wildman–Crippen LogP) is 4.61. The van der Waals surface area contributed by atoms with E-state index in [1.165, 1.54) is 24.3 Å². The molecule has 0 aliphatic heterocycles. The Morgan fingerprint density at radius 2 is 1.04 bits per heavy atom. The summed E-state index contributed by atoms with van der Waals surface area (Å²) in [4.78, 5) is 0. The monoisotopic (exact) mass is 350 g/mol. The van der Waals surface area contributed by atoms with Crippen molar-refractivity contribution in [2.24, 2.45) is 0 Å². The molecule has 4 N–H and O–H groups in total. The van der Waals surface area contributed by atoms with Crippen LogP contribution in [-0.4, -0.2) is 20.4 Å². The summed E-state index contributed by atoms with van der Waals surface area (Å²) in [6.45, 7) is 6.02. The number of aryl methyl sites for hydroxylation is 3. The van der Waals surface area contributed by atoms with Crippen LogP contribution < -0.4 is 0 Å². The van der Waals surface area contributed by atoms with Crippen LogP contribution in [-0.2, 0) is 0 Å². The summed E-state index contributed by atoms with van der Waals surface area (Å²) in [7, 11) is 0. The molecule has 0 fully saturated rings. The Kier molecular flexibility index (Phi) is 4.51. The van der Waals surface area contributed by atoms with Gasteiger partial charge in [-0.25, -0.2) is 0 Å². The molecule has 0 aliphatic carbocycles. The van der Waals surface area contributed by atoms with E-state index in [0.717, 1.165) is 22.3 Å². The van der Waals surface area contributed by atoms with Crippen LogP contribution in [0.2, 0.25) is 0 Å². The third-order valence-electron chi connectivity index (χ3n) is 4.68. The minimum Gasteiger partial charge on any atom is -0.508 e. The fraction of sp³-hybridized carbons (Fsp3) is 0.182. The largest absolute Gasteiger partial charge is 0.508 e. The van der Waals surface area contributed by atoms with E-state index < -0.39 is 5.92 Å². The van der Waals surface area contributed by atoms with Gasteiger partial charge in [-0.3, -0.25) is 0 Å². The third-order valence-corrected chi connectivity index (χ3v) is 4.68. The lowest BCUT2D eigenvalue weighted by atomic mass is 9.79. The number of rotatable bonds is 3. The van der Waals surface area contributed by atoms with Gasteiger partial charge in [0.25, 0.3) is 0 Å². The fourth-order valence-electron chi connectivity index (χ4n) is 3.68. The van der Waals surface area contributed by atoms with Gasteiger partial charge in [-0.1, -0.05) is 29.8 Å². The maximum atomic E-state index is 10.5. The summed E-state index contributed by atoms with van der Waals surface area (Å²) < 4.78 is 0. The summed E-state index contributed by atoms with van der Waals surface area (Å²) in [6.07, 6.45) is 0. The number of phenolic OH excluding ortho intramolecular Hbond substituents is 4. The summed E-state index contributed by atoms with van der Waals surface area (Å²) in [5.41, 5.74) is 5.31. The zero-order chi connectivity index (χ0) is 19.0. The second kappa shape index (κ2) is 6.64. The van der Waals surface area contributed by atoms with Crippen molar-refractivity contribution in [3.05, 3.63) is 81.9 Å². The Morgan fingerprint density at radius 1 is 0.615 bits per heavy atom. The second-order valence-electron chi connectivity index (χ2n) is 6.73. The van der Waals surface area contributed by atoms with Crippen LogP contribution in [0.4, 0.5) is 0 Å². The molecule has 0 saturated heterocycles. The lowest BCUT2D eigenvalue weighted by Gasteiger charge is -2.25. The molecular weight excluding hydrogens is 328 g/mol. The highest BCUT2D eigenvalue weighted by Crippen LogP contribution is 2.44. The first-order chi connectivity index (χ1) is 12.3. The molecular formula is C22H22O4. The normalized spacial score (nSPS) is 11.1. The maximum Gasteiger partial charge on any atom is 0.123 e. The summed E-state index contributed by atoms with van der Waals surface area (Å²) in [6, 6.07) is 13.0. The lowest BCUT2D eigenvalue weighted by molar-refractivity contribution is 0.440.